The molecule has 0 spiro atoms. The van der Waals surface area contributed by atoms with Crippen molar-refractivity contribution in [2.75, 3.05) is 7.11 Å². The summed E-state index contributed by atoms with van der Waals surface area (Å²) >= 11 is 7.11. The van der Waals surface area contributed by atoms with E-state index in [0.29, 0.717) is 15.9 Å². The van der Waals surface area contributed by atoms with E-state index in [1.807, 2.05) is 0 Å². The summed E-state index contributed by atoms with van der Waals surface area (Å²) in [6, 6.07) is 0. The molecule has 0 aliphatic carbocycles. The number of halogens is 1. The Morgan fingerprint density at radius 3 is 2.88 bits per heavy atom. The van der Waals surface area contributed by atoms with Gasteiger partial charge in [0.15, 0.2) is 15.9 Å². The topological polar surface area (TPSA) is 78.6 Å². The maximum absolute atomic E-state index is 5.86. The first-order valence-corrected chi connectivity index (χ1v) is 5.36. The molecule has 2 rings (SSSR count). The summed E-state index contributed by atoms with van der Waals surface area (Å²) in [4.78, 5) is 7.88. The summed E-state index contributed by atoms with van der Waals surface area (Å²) in [5.41, 5.74) is 0. The van der Waals surface area contributed by atoms with Gasteiger partial charge in [-0.2, -0.15) is 0 Å². The Bertz CT molecular complexity index is 503. The zero-order valence-electron chi connectivity index (χ0n) is 8.46. The average Bonchev–Trinajstić information content (AvgIpc) is 2.65. The van der Waals surface area contributed by atoms with Gasteiger partial charge in [-0.3, -0.25) is 0 Å². The molecule has 0 amide bonds. The second-order valence-electron chi connectivity index (χ2n) is 2.69. The molecule has 0 radical (unpaired) electrons. The molecule has 2 aromatic heterocycles. The van der Waals surface area contributed by atoms with Gasteiger partial charge >= 0.3 is 0 Å². The van der Waals surface area contributed by atoms with Gasteiger partial charge in [-0.25, -0.2) is 14.6 Å². The van der Waals surface area contributed by atoms with E-state index in [9.17, 15) is 0 Å². The molecule has 0 N–H and O–H groups in total. The highest BCUT2D eigenvalue weighted by Crippen LogP contribution is 2.34. The molecular weight excluding hydrogens is 252 g/mol. The highest BCUT2D eigenvalue weighted by molar-refractivity contribution is 7.99. The minimum absolute atomic E-state index is 0.259. The normalized spacial score (nSPS) is 10.4. The first kappa shape index (κ1) is 11.1. The van der Waals surface area contributed by atoms with Gasteiger partial charge in [0.25, 0.3) is 0 Å². The first-order chi connectivity index (χ1) is 7.72. The highest BCUT2D eigenvalue weighted by Gasteiger charge is 2.14. The van der Waals surface area contributed by atoms with Crippen LogP contribution in [0.15, 0.2) is 16.5 Å². The number of tetrazole rings is 1. The molecule has 0 aliphatic rings. The quantitative estimate of drug-likeness (QED) is 0.754. The molecule has 84 valence electrons. The van der Waals surface area contributed by atoms with Gasteiger partial charge in [-0.05, 0) is 22.2 Å². The molecule has 7 nitrogen and oxygen atoms in total. The monoisotopic (exact) mass is 258 g/mol. The van der Waals surface area contributed by atoms with Gasteiger partial charge < -0.3 is 4.74 Å². The van der Waals surface area contributed by atoms with Crippen LogP contribution in [-0.2, 0) is 7.05 Å². The minimum Gasteiger partial charge on any atom is -0.491 e. The van der Waals surface area contributed by atoms with E-state index < -0.39 is 0 Å². The number of methoxy groups -OCH3 is 1. The van der Waals surface area contributed by atoms with Gasteiger partial charge in [-0.15, -0.1) is 5.10 Å². The van der Waals surface area contributed by atoms with Crippen LogP contribution in [0.3, 0.4) is 0 Å². The molecule has 0 fully saturated rings. The molecule has 0 aromatic carbocycles. The van der Waals surface area contributed by atoms with Crippen LogP contribution in [0.1, 0.15) is 0 Å². The molecular formula is C7H7ClN6OS. The van der Waals surface area contributed by atoms with E-state index in [-0.39, 0.29) is 5.15 Å². The minimum atomic E-state index is 0.259. The summed E-state index contributed by atoms with van der Waals surface area (Å²) in [6.45, 7) is 0. The van der Waals surface area contributed by atoms with Crippen molar-refractivity contribution in [3.8, 4) is 5.75 Å². The third-order valence-electron chi connectivity index (χ3n) is 1.70. The predicted molar refractivity (Wildman–Crippen MR) is 56.5 cm³/mol. The Kier molecular flexibility index (Phi) is 3.20. The summed E-state index contributed by atoms with van der Waals surface area (Å²) in [6.07, 6.45) is 1.36. The fourth-order valence-corrected chi connectivity index (χ4v) is 2.03. The van der Waals surface area contributed by atoms with E-state index in [1.165, 1.54) is 29.9 Å². The number of nitrogens with zero attached hydrogens (tertiary/aromatic N) is 6. The van der Waals surface area contributed by atoms with Crippen LogP contribution >= 0.6 is 23.4 Å². The van der Waals surface area contributed by atoms with Crippen LogP contribution in [0.2, 0.25) is 5.15 Å². The van der Waals surface area contributed by atoms with Crippen molar-refractivity contribution in [1.29, 1.82) is 0 Å². The molecule has 2 aromatic rings. The number of hydrogen-bond acceptors (Lipinski definition) is 7. The molecule has 9 heteroatoms. The van der Waals surface area contributed by atoms with E-state index >= 15 is 0 Å². The lowest BCUT2D eigenvalue weighted by atomic mass is 10.6. The van der Waals surface area contributed by atoms with Crippen LogP contribution < -0.4 is 4.74 Å². The number of aromatic nitrogens is 6. The largest absolute Gasteiger partial charge is 0.491 e. The van der Waals surface area contributed by atoms with Crippen molar-refractivity contribution in [3.63, 3.8) is 0 Å². The van der Waals surface area contributed by atoms with E-state index in [2.05, 4.69) is 25.5 Å². The van der Waals surface area contributed by atoms with Crippen LogP contribution in [-0.4, -0.2) is 37.3 Å². The van der Waals surface area contributed by atoms with Crippen molar-refractivity contribution in [3.05, 3.63) is 11.5 Å². The molecule has 16 heavy (non-hydrogen) atoms. The third-order valence-corrected chi connectivity index (χ3v) is 2.98. The zero-order chi connectivity index (χ0) is 11.5. The van der Waals surface area contributed by atoms with E-state index in [4.69, 9.17) is 16.3 Å². The average molecular weight is 259 g/mol. The molecule has 2 heterocycles. The van der Waals surface area contributed by atoms with Gasteiger partial charge in [0, 0.05) is 7.05 Å². The van der Waals surface area contributed by atoms with Gasteiger partial charge in [0.2, 0.25) is 5.16 Å². The lowest BCUT2D eigenvalue weighted by molar-refractivity contribution is 0.398. The number of hydrogen-bond donors (Lipinski definition) is 0. The molecule has 0 aliphatic heterocycles. The summed E-state index contributed by atoms with van der Waals surface area (Å²) in [5.74, 6) is 0.414. The SMILES string of the molecule is COc1c(Cl)ncnc1Sc1nnnn1C. The fourth-order valence-electron chi connectivity index (χ4n) is 0.976. The van der Waals surface area contributed by atoms with Crippen molar-refractivity contribution >= 4 is 23.4 Å². The van der Waals surface area contributed by atoms with Gasteiger partial charge in [0.05, 0.1) is 7.11 Å². The highest BCUT2D eigenvalue weighted by atomic mass is 35.5. The second-order valence-corrected chi connectivity index (χ2v) is 4.00. The van der Waals surface area contributed by atoms with Crippen LogP contribution in [0.5, 0.6) is 5.75 Å². The standard InChI is InChI=1S/C7H7ClN6OS/c1-14-7(11-12-13-14)16-6-4(15-2)5(8)9-3-10-6/h3H,1-2H3. The lowest BCUT2D eigenvalue weighted by Gasteiger charge is -2.06. The Balaban J connectivity index is 2.35. The Hall–Kier alpha value is -1.41. The molecule has 0 saturated heterocycles. The van der Waals surface area contributed by atoms with Crippen molar-refractivity contribution in [1.82, 2.24) is 30.2 Å². The lowest BCUT2D eigenvalue weighted by Crippen LogP contribution is -1.96. The van der Waals surface area contributed by atoms with Crippen LogP contribution in [0.25, 0.3) is 0 Å². The second kappa shape index (κ2) is 4.62. The number of aryl methyl sites for hydroxylation is 1. The predicted octanol–water partition coefficient (Wildman–Crippen LogP) is 0.813. The first-order valence-electron chi connectivity index (χ1n) is 4.17. The Morgan fingerprint density at radius 2 is 2.25 bits per heavy atom. The summed E-state index contributed by atoms with van der Waals surface area (Å²) < 4.78 is 6.64. The van der Waals surface area contributed by atoms with Crippen LogP contribution in [0, 0.1) is 0 Å². The molecule has 0 atom stereocenters. The van der Waals surface area contributed by atoms with Crippen molar-refractivity contribution in [2.45, 2.75) is 10.2 Å². The number of rotatable bonds is 3. The van der Waals surface area contributed by atoms with Crippen LogP contribution in [0.4, 0.5) is 0 Å². The fraction of sp³-hybridized carbons (Fsp3) is 0.286. The molecule has 0 bridgehead atoms. The third kappa shape index (κ3) is 2.07. The Morgan fingerprint density at radius 1 is 1.44 bits per heavy atom. The molecule has 0 saturated carbocycles. The van der Waals surface area contributed by atoms with Crippen molar-refractivity contribution < 1.29 is 4.74 Å². The van der Waals surface area contributed by atoms with Crippen molar-refractivity contribution in [2.24, 2.45) is 7.05 Å². The maximum atomic E-state index is 5.86. The zero-order valence-corrected chi connectivity index (χ0v) is 10.0. The smallest absolute Gasteiger partial charge is 0.215 e. The van der Waals surface area contributed by atoms with E-state index in [0.717, 1.165) is 0 Å². The molecule has 0 unspecified atom stereocenters. The maximum Gasteiger partial charge on any atom is 0.215 e. The van der Waals surface area contributed by atoms with Gasteiger partial charge in [-0.1, -0.05) is 11.6 Å². The van der Waals surface area contributed by atoms with E-state index in [1.54, 1.807) is 7.05 Å². The van der Waals surface area contributed by atoms with Gasteiger partial charge in [0.1, 0.15) is 6.33 Å². The Labute approximate surface area is 100 Å². The summed E-state index contributed by atoms with van der Waals surface area (Å²) in [5, 5.41) is 12.5. The summed E-state index contributed by atoms with van der Waals surface area (Å²) in [7, 11) is 3.24. The number of ether oxygens (including phenoxy) is 1.